The summed E-state index contributed by atoms with van der Waals surface area (Å²) in [5.74, 6) is -0.970. The Labute approximate surface area is 411 Å². The molecule has 0 unspecified atom stereocenters. The second-order valence-corrected chi connectivity index (χ2v) is 20.7. The van der Waals surface area contributed by atoms with E-state index >= 15 is 0 Å². The number of unbranched alkanes of at least 4 members (excludes halogenated alkanes) is 42. The van der Waals surface area contributed by atoms with Gasteiger partial charge in [-0.2, -0.15) is 0 Å². The topological polar surface area (TPSA) is 99.1 Å². The lowest BCUT2D eigenvalue weighted by Gasteiger charge is -2.30. The molecule has 0 saturated heterocycles. The number of hydrogen-bond acceptors (Lipinski definition) is 7. The van der Waals surface area contributed by atoms with E-state index in [1.54, 1.807) is 0 Å². The van der Waals surface area contributed by atoms with Crippen molar-refractivity contribution in [3.8, 4) is 0 Å². The van der Waals surface area contributed by atoms with Crippen LogP contribution < -0.4 is 0 Å². The molecule has 0 aliphatic heterocycles. The summed E-state index contributed by atoms with van der Waals surface area (Å²) in [5, 5.41) is 10.6. The summed E-state index contributed by atoms with van der Waals surface area (Å²) < 4.78 is 17.0. The minimum absolute atomic E-state index is 0.153. The Bertz CT molecular complexity index is 893. The lowest BCUT2D eigenvalue weighted by molar-refractivity contribution is -0.165. The van der Waals surface area contributed by atoms with Crippen LogP contribution in [0.4, 0.5) is 0 Å². The molecule has 0 amide bonds. The Morgan fingerprint density at radius 2 is 0.424 bits per heavy atom. The second kappa shape index (κ2) is 52.7. The standard InChI is InChI=1S/C59H114O7/c1-4-7-10-13-16-19-22-25-28-31-34-37-40-43-46-49-56(61)64-53-59(52-60,54-65-57(62)50-47-44-41-38-35-32-29-26-23-20-17-14-11-8-5-2)55-66-58(63)51-48-45-42-39-36-33-30-27-24-21-18-15-12-9-6-3/h60H,4-55H2,1-3H3. The maximum Gasteiger partial charge on any atom is 0.305 e. The third-order valence-electron chi connectivity index (χ3n) is 13.9. The van der Waals surface area contributed by atoms with E-state index in [2.05, 4.69) is 20.8 Å². The minimum Gasteiger partial charge on any atom is -0.465 e. The third kappa shape index (κ3) is 47.4. The number of esters is 3. The first kappa shape index (κ1) is 64.4. The van der Waals surface area contributed by atoms with Crippen molar-refractivity contribution in [2.24, 2.45) is 5.41 Å². The normalized spacial score (nSPS) is 11.6. The summed E-state index contributed by atoms with van der Waals surface area (Å²) in [6.07, 6.45) is 57.8. The molecule has 0 heterocycles. The highest BCUT2D eigenvalue weighted by Crippen LogP contribution is 2.23. The fourth-order valence-corrected chi connectivity index (χ4v) is 9.10. The molecule has 0 fully saturated rings. The lowest BCUT2D eigenvalue weighted by Crippen LogP contribution is -2.42. The Balaban J connectivity index is 4.53. The smallest absolute Gasteiger partial charge is 0.305 e. The van der Waals surface area contributed by atoms with Crippen LogP contribution >= 0.6 is 0 Å². The molecule has 66 heavy (non-hydrogen) atoms. The Morgan fingerprint density at radius 3 is 0.576 bits per heavy atom. The number of ether oxygens (including phenoxy) is 3. The van der Waals surface area contributed by atoms with Gasteiger partial charge in [-0.15, -0.1) is 0 Å². The molecule has 0 aromatic carbocycles. The molecule has 0 bridgehead atoms. The summed E-state index contributed by atoms with van der Waals surface area (Å²) >= 11 is 0. The fourth-order valence-electron chi connectivity index (χ4n) is 9.10. The predicted molar refractivity (Wildman–Crippen MR) is 281 cm³/mol. The number of aliphatic hydroxyl groups is 1. The van der Waals surface area contributed by atoms with Crippen molar-refractivity contribution < 1.29 is 33.7 Å². The molecule has 0 spiro atoms. The number of aliphatic hydroxyl groups excluding tert-OH is 1. The molecule has 0 rings (SSSR count). The van der Waals surface area contributed by atoms with Gasteiger partial charge >= 0.3 is 17.9 Å². The first-order chi connectivity index (χ1) is 32.4. The first-order valence-corrected chi connectivity index (χ1v) is 29.5. The van der Waals surface area contributed by atoms with Crippen LogP contribution in [-0.2, 0) is 28.6 Å². The number of hydrogen-bond donors (Lipinski definition) is 1. The maximum absolute atomic E-state index is 12.8. The van der Waals surface area contributed by atoms with E-state index in [4.69, 9.17) is 14.2 Å². The van der Waals surface area contributed by atoms with Gasteiger partial charge in [-0.1, -0.05) is 290 Å². The monoisotopic (exact) mass is 935 g/mol. The number of carbonyl (C=O) groups is 3. The molecule has 7 heteroatoms. The van der Waals surface area contributed by atoms with E-state index < -0.39 is 12.0 Å². The molecular weight excluding hydrogens is 821 g/mol. The Morgan fingerprint density at radius 1 is 0.273 bits per heavy atom. The van der Waals surface area contributed by atoms with Gasteiger partial charge in [0.2, 0.25) is 0 Å². The summed E-state index contributed by atoms with van der Waals surface area (Å²) in [7, 11) is 0. The molecule has 0 radical (unpaired) electrons. The average molecular weight is 936 g/mol. The summed E-state index contributed by atoms with van der Waals surface area (Å²) in [5.41, 5.74) is -1.18. The average Bonchev–Trinajstić information content (AvgIpc) is 3.32. The van der Waals surface area contributed by atoms with Crippen molar-refractivity contribution in [2.45, 2.75) is 329 Å². The summed E-state index contributed by atoms with van der Waals surface area (Å²) in [4.78, 5) is 38.5. The SMILES string of the molecule is CCCCCCCCCCCCCCCCCC(=O)OCC(CO)(COC(=O)CCCCCCCCCCCCCCCCC)COC(=O)CCCCCCCCCCCCCCCCC. The van der Waals surface area contributed by atoms with Gasteiger partial charge in [-0.25, -0.2) is 0 Å². The third-order valence-corrected chi connectivity index (χ3v) is 13.9. The van der Waals surface area contributed by atoms with E-state index in [-0.39, 0.29) is 37.7 Å². The number of rotatable bonds is 55. The van der Waals surface area contributed by atoms with Gasteiger partial charge in [-0.05, 0) is 19.3 Å². The lowest BCUT2D eigenvalue weighted by atomic mass is 9.92. The van der Waals surface area contributed by atoms with Crippen LogP contribution in [0.2, 0.25) is 0 Å². The molecule has 1 N–H and O–H groups in total. The van der Waals surface area contributed by atoms with E-state index in [1.807, 2.05) is 0 Å². The zero-order valence-electron chi connectivity index (χ0n) is 44.7. The van der Waals surface area contributed by atoms with Gasteiger partial charge in [0.15, 0.2) is 0 Å². The van der Waals surface area contributed by atoms with Crippen molar-refractivity contribution in [1.82, 2.24) is 0 Å². The molecular formula is C59H114O7. The molecule has 0 aromatic heterocycles. The zero-order valence-corrected chi connectivity index (χ0v) is 44.7. The molecule has 392 valence electrons. The largest absolute Gasteiger partial charge is 0.465 e. The van der Waals surface area contributed by atoms with Crippen LogP contribution in [0.15, 0.2) is 0 Å². The van der Waals surface area contributed by atoms with E-state index in [0.717, 1.165) is 57.8 Å². The first-order valence-electron chi connectivity index (χ1n) is 29.5. The fraction of sp³-hybridized carbons (Fsp3) is 0.949. The predicted octanol–water partition coefficient (Wildman–Crippen LogP) is 18.4. The molecule has 0 atom stereocenters. The van der Waals surface area contributed by atoms with Gasteiger partial charge in [0.1, 0.15) is 19.8 Å². The van der Waals surface area contributed by atoms with E-state index in [9.17, 15) is 19.5 Å². The molecule has 7 nitrogen and oxygen atoms in total. The van der Waals surface area contributed by atoms with Crippen LogP contribution in [0.3, 0.4) is 0 Å². The number of carbonyl (C=O) groups excluding carboxylic acids is 3. The van der Waals surface area contributed by atoms with E-state index in [1.165, 1.54) is 231 Å². The van der Waals surface area contributed by atoms with Crippen LogP contribution in [0.1, 0.15) is 329 Å². The Hall–Kier alpha value is -1.63. The van der Waals surface area contributed by atoms with Gasteiger partial charge in [0, 0.05) is 19.3 Å². The van der Waals surface area contributed by atoms with Gasteiger partial charge in [-0.3, -0.25) is 14.4 Å². The summed E-state index contributed by atoms with van der Waals surface area (Å²) in [6.45, 7) is 5.93. The van der Waals surface area contributed by atoms with Crippen molar-refractivity contribution in [2.75, 3.05) is 26.4 Å². The van der Waals surface area contributed by atoms with Crippen LogP contribution in [0.5, 0.6) is 0 Å². The van der Waals surface area contributed by atoms with Crippen LogP contribution in [0.25, 0.3) is 0 Å². The van der Waals surface area contributed by atoms with Crippen molar-refractivity contribution in [1.29, 1.82) is 0 Å². The minimum atomic E-state index is -1.18. The molecule has 0 aliphatic rings. The highest BCUT2D eigenvalue weighted by Gasteiger charge is 2.35. The van der Waals surface area contributed by atoms with Crippen molar-refractivity contribution in [3.63, 3.8) is 0 Å². The van der Waals surface area contributed by atoms with Gasteiger partial charge in [0.25, 0.3) is 0 Å². The van der Waals surface area contributed by atoms with Crippen molar-refractivity contribution >= 4 is 17.9 Å². The second-order valence-electron chi connectivity index (χ2n) is 20.7. The van der Waals surface area contributed by atoms with E-state index in [0.29, 0.717) is 19.3 Å². The zero-order chi connectivity index (χ0) is 48.1. The highest BCUT2D eigenvalue weighted by atomic mass is 16.6. The molecule has 0 saturated carbocycles. The van der Waals surface area contributed by atoms with Crippen LogP contribution in [0, 0.1) is 5.41 Å². The maximum atomic E-state index is 12.8. The highest BCUT2D eigenvalue weighted by molar-refractivity contribution is 5.70. The van der Waals surface area contributed by atoms with Crippen LogP contribution in [-0.4, -0.2) is 49.4 Å². The molecule has 0 aromatic rings. The quantitative estimate of drug-likeness (QED) is 0.0368. The van der Waals surface area contributed by atoms with Gasteiger partial charge < -0.3 is 19.3 Å². The van der Waals surface area contributed by atoms with Crippen molar-refractivity contribution in [3.05, 3.63) is 0 Å². The van der Waals surface area contributed by atoms with Gasteiger partial charge in [0.05, 0.1) is 12.0 Å². The Kier molecular flexibility index (Phi) is 51.4. The summed E-state index contributed by atoms with van der Waals surface area (Å²) in [6, 6.07) is 0. The molecule has 0 aliphatic carbocycles.